The van der Waals surface area contributed by atoms with Crippen molar-refractivity contribution in [1.29, 1.82) is 0 Å². The maximum Gasteiger partial charge on any atom is 0.287 e. The van der Waals surface area contributed by atoms with E-state index >= 15 is 0 Å². The van der Waals surface area contributed by atoms with E-state index in [1.165, 1.54) is 11.1 Å². The number of aryl methyl sites for hydroxylation is 2. The van der Waals surface area contributed by atoms with Crippen molar-refractivity contribution in [2.24, 2.45) is 5.73 Å². The highest BCUT2D eigenvalue weighted by molar-refractivity contribution is 5.92. The Labute approximate surface area is 112 Å². The molecule has 2 rings (SSSR count). The molecular formula is C15H18N2O2. The quantitative estimate of drug-likeness (QED) is 0.883. The maximum atomic E-state index is 11.7. The van der Waals surface area contributed by atoms with Gasteiger partial charge in [-0.25, -0.2) is 0 Å². The van der Waals surface area contributed by atoms with Crippen molar-refractivity contribution >= 4 is 5.91 Å². The first-order valence-corrected chi connectivity index (χ1v) is 6.27. The predicted octanol–water partition coefficient (Wildman–Crippen LogP) is 2.25. The van der Waals surface area contributed by atoms with Gasteiger partial charge in [0.15, 0.2) is 5.76 Å². The second-order valence-corrected chi connectivity index (χ2v) is 4.58. The standard InChI is InChI=1S/C15H18N2O2/c1-10-7-11(2)9-12(8-10)13-3-4-14(19-13)15(18)17-6-5-16/h3-4,7-9H,5-6,16H2,1-2H3,(H,17,18). The number of hydrogen-bond acceptors (Lipinski definition) is 3. The number of nitrogens with two attached hydrogens (primary N) is 1. The Morgan fingerprint density at radius 2 is 1.89 bits per heavy atom. The molecule has 1 aromatic carbocycles. The summed E-state index contributed by atoms with van der Waals surface area (Å²) < 4.78 is 5.59. The molecule has 0 atom stereocenters. The van der Waals surface area contributed by atoms with Crippen LogP contribution in [0.5, 0.6) is 0 Å². The first kappa shape index (κ1) is 13.4. The van der Waals surface area contributed by atoms with Crippen molar-refractivity contribution in [1.82, 2.24) is 5.32 Å². The molecule has 100 valence electrons. The highest BCUT2D eigenvalue weighted by Gasteiger charge is 2.11. The van der Waals surface area contributed by atoms with Crippen LogP contribution in [0, 0.1) is 13.8 Å². The Morgan fingerprint density at radius 1 is 1.21 bits per heavy atom. The smallest absolute Gasteiger partial charge is 0.287 e. The van der Waals surface area contributed by atoms with Crippen LogP contribution in [0.4, 0.5) is 0 Å². The van der Waals surface area contributed by atoms with Crippen molar-refractivity contribution in [3.05, 3.63) is 47.2 Å². The van der Waals surface area contributed by atoms with Crippen molar-refractivity contribution in [2.75, 3.05) is 13.1 Å². The molecule has 0 aliphatic heterocycles. The second kappa shape index (κ2) is 5.71. The van der Waals surface area contributed by atoms with Crippen molar-refractivity contribution < 1.29 is 9.21 Å². The molecule has 0 aliphatic carbocycles. The summed E-state index contributed by atoms with van der Waals surface area (Å²) in [5.74, 6) is 0.772. The number of nitrogens with one attached hydrogen (secondary N) is 1. The fraction of sp³-hybridized carbons (Fsp3) is 0.267. The van der Waals surface area contributed by atoms with E-state index < -0.39 is 0 Å². The Bertz CT molecular complexity index is 567. The summed E-state index contributed by atoms with van der Waals surface area (Å²) in [7, 11) is 0. The summed E-state index contributed by atoms with van der Waals surface area (Å²) in [6.45, 7) is 4.93. The van der Waals surface area contributed by atoms with E-state index in [4.69, 9.17) is 10.2 Å². The number of carbonyl (C=O) groups is 1. The van der Waals surface area contributed by atoms with Crippen LogP contribution in [-0.4, -0.2) is 19.0 Å². The van der Waals surface area contributed by atoms with Gasteiger partial charge in [0.1, 0.15) is 5.76 Å². The molecule has 0 unspecified atom stereocenters. The average molecular weight is 258 g/mol. The number of benzene rings is 1. The predicted molar refractivity (Wildman–Crippen MR) is 75.0 cm³/mol. The second-order valence-electron chi connectivity index (χ2n) is 4.58. The molecule has 0 spiro atoms. The minimum Gasteiger partial charge on any atom is -0.451 e. The van der Waals surface area contributed by atoms with Crippen molar-refractivity contribution in [3.63, 3.8) is 0 Å². The molecule has 0 saturated carbocycles. The molecule has 0 bridgehead atoms. The molecule has 0 radical (unpaired) electrons. The number of amides is 1. The van der Waals surface area contributed by atoms with Gasteiger partial charge in [0.2, 0.25) is 0 Å². The Kier molecular flexibility index (Phi) is 4.02. The van der Waals surface area contributed by atoms with E-state index in [2.05, 4.69) is 11.4 Å². The first-order valence-electron chi connectivity index (χ1n) is 6.27. The number of hydrogen-bond donors (Lipinski definition) is 2. The fourth-order valence-corrected chi connectivity index (χ4v) is 2.00. The van der Waals surface area contributed by atoms with E-state index in [1.807, 2.05) is 32.0 Å². The van der Waals surface area contributed by atoms with Crippen LogP contribution in [0.2, 0.25) is 0 Å². The lowest BCUT2D eigenvalue weighted by Crippen LogP contribution is -2.28. The van der Waals surface area contributed by atoms with Gasteiger partial charge in [-0.3, -0.25) is 4.79 Å². The van der Waals surface area contributed by atoms with E-state index in [1.54, 1.807) is 6.07 Å². The van der Waals surface area contributed by atoms with Gasteiger partial charge in [-0.05, 0) is 38.1 Å². The fourth-order valence-electron chi connectivity index (χ4n) is 2.00. The Balaban J connectivity index is 2.23. The highest BCUT2D eigenvalue weighted by Crippen LogP contribution is 2.24. The molecule has 2 aromatic rings. The molecule has 1 aromatic heterocycles. The van der Waals surface area contributed by atoms with Crippen LogP contribution in [0.1, 0.15) is 21.7 Å². The third-order valence-corrected chi connectivity index (χ3v) is 2.77. The van der Waals surface area contributed by atoms with Gasteiger partial charge < -0.3 is 15.5 Å². The van der Waals surface area contributed by atoms with Crippen molar-refractivity contribution in [2.45, 2.75) is 13.8 Å². The lowest BCUT2D eigenvalue weighted by Gasteiger charge is -2.02. The van der Waals surface area contributed by atoms with E-state index in [0.717, 1.165) is 5.56 Å². The van der Waals surface area contributed by atoms with Gasteiger partial charge in [-0.15, -0.1) is 0 Å². The molecule has 1 heterocycles. The third kappa shape index (κ3) is 3.23. The van der Waals surface area contributed by atoms with Gasteiger partial charge in [0, 0.05) is 18.7 Å². The molecule has 1 amide bonds. The Hall–Kier alpha value is -2.07. The summed E-state index contributed by atoms with van der Waals surface area (Å²) in [4.78, 5) is 11.7. The van der Waals surface area contributed by atoms with Gasteiger partial charge in [0.05, 0.1) is 0 Å². The lowest BCUT2D eigenvalue weighted by atomic mass is 10.1. The van der Waals surface area contributed by atoms with Gasteiger partial charge >= 0.3 is 0 Å². The van der Waals surface area contributed by atoms with Crippen LogP contribution in [0.25, 0.3) is 11.3 Å². The molecule has 0 aliphatic rings. The molecule has 0 fully saturated rings. The largest absolute Gasteiger partial charge is 0.451 e. The third-order valence-electron chi connectivity index (χ3n) is 2.77. The molecule has 0 saturated heterocycles. The van der Waals surface area contributed by atoms with E-state index in [0.29, 0.717) is 24.6 Å². The number of furan rings is 1. The topological polar surface area (TPSA) is 68.3 Å². The summed E-state index contributed by atoms with van der Waals surface area (Å²) >= 11 is 0. The molecular weight excluding hydrogens is 240 g/mol. The van der Waals surface area contributed by atoms with Crippen LogP contribution in [0.3, 0.4) is 0 Å². The number of rotatable bonds is 4. The zero-order chi connectivity index (χ0) is 13.8. The van der Waals surface area contributed by atoms with Crippen LogP contribution in [0.15, 0.2) is 34.7 Å². The SMILES string of the molecule is Cc1cc(C)cc(-c2ccc(C(=O)NCCN)o2)c1. The average Bonchev–Trinajstić information content (AvgIpc) is 2.84. The molecule has 19 heavy (non-hydrogen) atoms. The summed E-state index contributed by atoms with van der Waals surface area (Å²) in [6, 6.07) is 9.66. The Morgan fingerprint density at radius 3 is 2.53 bits per heavy atom. The van der Waals surface area contributed by atoms with Crippen molar-refractivity contribution in [3.8, 4) is 11.3 Å². The van der Waals surface area contributed by atoms with Gasteiger partial charge in [-0.1, -0.05) is 17.2 Å². The monoisotopic (exact) mass is 258 g/mol. The summed E-state index contributed by atoms with van der Waals surface area (Å²) in [6.07, 6.45) is 0. The molecule has 4 nitrogen and oxygen atoms in total. The van der Waals surface area contributed by atoms with Crippen LogP contribution >= 0.6 is 0 Å². The van der Waals surface area contributed by atoms with Crippen LogP contribution < -0.4 is 11.1 Å². The van der Waals surface area contributed by atoms with Crippen LogP contribution in [-0.2, 0) is 0 Å². The van der Waals surface area contributed by atoms with Gasteiger partial charge in [-0.2, -0.15) is 0 Å². The molecule has 3 N–H and O–H groups in total. The minimum atomic E-state index is -0.235. The zero-order valence-corrected chi connectivity index (χ0v) is 11.2. The normalized spacial score (nSPS) is 10.5. The number of carbonyl (C=O) groups excluding carboxylic acids is 1. The zero-order valence-electron chi connectivity index (χ0n) is 11.2. The maximum absolute atomic E-state index is 11.7. The minimum absolute atomic E-state index is 0.235. The van der Waals surface area contributed by atoms with Gasteiger partial charge in [0.25, 0.3) is 5.91 Å². The lowest BCUT2D eigenvalue weighted by molar-refractivity contribution is 0.0928. The highest BCUT2D eigenvalue weighted by atomic mass is 16.3. The first-order chi connectivity index (χ1) is 9.10. The van der Waals surface area contributed by atoms with E-state index in [-0.39, 0.29) is 5.91 Å². The van der Waals surface area contributed by atoms with E-state index in [9.17, 15) is 4.79 Å². The molecule has 4 heteroatoms. The summed E-state index contributed by atoms with van der Waals surface area (Å²) in [5, 5.41) is 2.68. The summed E-state index contributed by atoms with van der Waals surface area (Å²) in [5.41, 5.74) is 8.66.